The van der Waals surface area contributed by atoms with Gasteiger partial charge in [-0.2, -0.15) is 0 Å². The summed E-state index contributed by atoms with van der Waals surface area (Å²) in [5.41, 5.74) is 2.53. The lowest BCUT2D eigenvalue weighted by Crippen LogP contribution is -2.48. The van der Waals surface area contributed by atoms with Gasteiger partial charge in [0.1, 0.15) is 11.8 Å². The summed E-state index contributed by atoms with van der Waals surface area (Å²) in [6.07, 6.45) is 3.48. The van der Waals surface area contributed by atoms with Crippen molar-refractivity contribution in [3.8, 4) is 17.2 Å². The third kappa shape index (κ3) is 6.96. The minimum atomic E-state index is -0.693. The highest BCUT2D eigenvalue weighted by Gasteiger charge is 2.26. The number of benzene rings is 2. The molecule has 1 atom stereocenters. The fourth-order valence-corrected chi connectivity index (χ4v) is 3.62. The number of hydrogen-bond donors (Lipinski definition) is 1. The van der Waals surface area contributed by atoms with Gasteiger partial charge in [0.2, 0.25) is 11.8 Å². The van der Waals surface area contributed by atoms with E-state index >= 15 is 0 Å². The van der Waals surface area contributed by atoms with Gasteiger partial charge in [-0.05, 0) is 53.9 Å². The van der Waals surface area contributed by atoms with Gasteiger partial charge >= 0.3 is 0 Å². The van der Waals surface area contributed by atoms with Gasteiger partial charge in [-0.15, -0.1) is 0 Å². The summed E-state index contributed by atoms with van der Waals surface area (Å²) in [7, 11) is 4.71. The molecule has 0 fully saturated rings. The van der Waals surface area contributed by atoms with E-state index < -0.39 is 6.04 Å². The van der Waals surface area contributed by atoms with Crippen LogP contribution in [0.15, 0.2) is 67.0 Å². The third-order valence-corrected chi connectivity index (χ3v) is 5.67. The number of rotatable bonds is 11. The maximum atomic E-state index is 13.5. The Kier molecular flexibility index (Phi) is 9.06. The molecule has 0 radical (unpaired) electrons. The zero-order valence-corrected chi connectivity index (χ0v) is 20.5. The number of nitrogens with one attached hydrogen (secondary N) is 1. The van der Waals surface area contributed by atoms with Crippen LogP contribution in [0.4, 0.5) is 0 Å². The molecule has 1 heterocycles. The molecular formula is C27H31N3O5. The molecule has 3 aromatic rings. The van der Waals surface area contributed by atoms with Crippen LogP contribution >= 0.6 is 0 Å². The molecule has 0 aliphatic carbocycles. The van der Waals surface area contributed by atoms with Crippen LogP contribution in [0.3, 0.4) is 0 Å². The molecule has 184 valence electrons. The molecule has 3 rings (SSSR count). The molecule has 0 saturated carbocycles. The van der Waals surface area contributed by atoms with Crippen LogP contribution in [-0.4, -0.2) is 49.1 Å². The topological polar surface area (TPSA) is 90.0 Å². The minimum Gasteiger partial charge on any atom is -0.497 e. The minimum absolute atomic E-state index is 0.108. The number of carbonyl (C=O) groups excluding carboxylic acids is 2. The summed E-state index contributed by atoms with van der Waals surface area (Å²) in [6, 6.07) is 15.8. The summed E-state index contributed by atoms with van der Waals surface area (Å²) >= 11 is 0. The van der Waals surface area contributed by atoms with Gasteiger partial charge in [0, 0.05) is 25.5 Å². The van der Waals surface area contributed by atoms with E-state index in [2.05, 4.69) is 10.3 Å². The number of ether oxygens (including phenoxy) is 3. The largest absolute Gasteiger partial charge is 0.497 e. The maximum Gasteiger partial charge on any atom is 0.242 e. The van der Waals surface area contributed by atoms with Crippen molar-refractivity contribution in [2.45, 2.75) is 32.5 Å². The molecule has 0 spiro atoms. The number of pyridine rings is 1. The Balaban J connectivity index is 1.79. The molecule has 2 amide bonds. The summed E-state index contributed by atoms with van der Waals surface area (Å²) in [6.45, 7) is 2.34. The lowest BCUT2D eigenvalue weighted by molar-refractivity contribution is -0.140. The van der Waals surface area contributed by atoms with Crippen LogP contribution in [0.1, 0.15) is 23.6 Å². The normalized spacial score (nSPS) is 11.3. The number of amides is 2. The van der Waals surface area contributed by atoms with Gasteiger partial charge in [0.25, 0.3) is 0 Å². The van der Waals surface area contributed by atoms with E-state index in [-0.39, 0.29) is 24.8 Å². The first kappa shape index (κ1) is 25.6. The summed E-state index contributed by atoms with van der Waals surface area (Å²) in [5.74, 6) is 1.42. The molecule has 0 saturated heterocycles. The second-order valence-corrected chi connectivity index (χ2v) is 7.99. The van der Waals surface area contributed by atoms with E-state index in [4.69, 9.17) is 14.2 Å². The highest BCUT2D eigenvalue weighted by atomic mass is 16.5. The van der Waals surface area contributed by atoms with Crippen LogP contribution in [0.2, 0.25) is 0 Å². The van der Waals surface area contributed by atoms with E-state index in [0.717, 1.165) is 22.4 Å². The third-order valence-electron chi connectivity index (χ3n) is 5.67. The average Bonchev–Trinajstić information content (AvgIpc) is 2.90. The van der Waals surface area contributed by atoms with Crippen LogP contribution < -0.4 is 19.5 Å². The van der Waals surface area contributed by atoms with Crippen LogP contribution in [-0.2, 0) is 29.1 Å². The Bertz CT molecular complexity index is 1120. The van der Waals surface area contributed by atoms with Crippen molar-refractivity contribution in [1.29, 1.82) is 0 Å². The summed E-state index contributed by atoms with van der Waals surface area (Å²) in [4.78, 5) is 32.1. The quantitative estimate of drug-likeness (QED) is 0.455. The first-order chi connectivity index (χ1) is 16.9. The van der Waals surface area contributed by atoms with E-state index in [9.17, 15) is 9.59 Å². The van der Waals surface area contributed by atoms with Crippen LogP contribution in [0.5, 0.6) is 17.2 Å². The molecule has 0 aliphatic heterocycles. The Morgan fingerprint density at radius 3 is 2.26 bits per heavy atom. The van der Waals surface area contributed by atoms with Gasteiger partial charge < -0.3 is 24.4 Å². The van der Waals surface area contributed by atoms with Crippen molar-refractivity contribution >= 4 is 11.8 Å². The van der Waals surface area contributed by atoms with Gasteiger partial charge in [-0.1, -0.05) is 24.3 Å². The molecule has 35 heavy (non-hydrogen) atoms. The first-order valence-electron chi connectivity index (χ1n) is 11.2. The van der Waals surface area contributed by atoms with Gasteiger partial charge in [0.15, 0.2) is 11.5 Å². The molecule has 8 heteroatoms. The second-order valence-electron chi connectivity index (χ2n) is 7.99. The fourth-order valence-electron chi connectivity index (χ4n) is 3.62. The summed E-state index contributed by atoms with van der Waals surface area (Å²) < 4.78 is 15.9. The van der Waals surface area contributed by atoms with Crippen LogP contribution in [0, 0.1) is 0 Å². The number of methoxy groups -OCH3 is 3. The SMILES string of the molecule is COc1ccc(CN(C(=O)Cc2ccc(OC)c(OC)c2)C(C)C(=O)NCc2cccnc2)cc1. The molecule has 1 unspecified atom stereocenters. The van der Waals surface area contributed by atoms with Crippen LogP contribution in [0.25, 0.3) is 0 Å². The van der Waals surface area contributed by atoms with Crippen molar-refractivity contribution in [3.63, 3.8) is 0 Å². The van der Waals surface area contributed by atoms with E-state index in [1.807, 2.05) is 42.5 Å². The fraction of sp³-hybridized carbons (Fsp3) is 0.296. The number of hydrogen-bond acceptors (Lipinski definition) is 6. The lowest BCUT2D eigenvalue weighted by Gasteiger charge is -2.29. The maximum absolute atomic E-state index is 13.5. The molecule has 0 aliphatic rings. The highest BCUT2D eigenvalue weighted by molar-refractivity contribution is 5.88. The van der Waals surface area contributed by atoms with Crippen molar-refractivity contribution in [1.82, 2.24) is 15.2 Å². The second kappa shape index (κ2) is 12.4. The van der Waals surface area contributed by atoms with E-state index in [1.165, 1.54) is 0 Å². The zero-order valence-electron chi connectivity index (χ0n) is 20.5. The molecule has 8 nitrogen and oxygen atoms in total. The lowest BCUT2D eigenvalue weighted by atomic mass is 10.1. The highest BCUT2D eigenvalue weighted by Crippen LogP contribution is 2.28. The number of aromatic nitrogens is 1. The number of nitrogens with zero attached hydrogens (tertiary/aromatic N) is 2. The Morgan fingerprint density at radius 1 is 0.914 bits per heavy atom. The molecule has 0 bridgehead atoms. The number of carbonyl (C=O) groups is 2. The predicted octanol–water partition coefficient (Wildman–Crippen LogP) is 3.38. The van der Waals surface area contributed by atoms with Gasteiger partial charge in [0.05, 0.1) is 27.8 Å². The van der Waals surface area contributed by atoms with E-state index in [0.29, 0.717) is 18.0 Å². The standard InChI is InChI=1S/C27H31N3O5/c1-19(27(32)29-17-22-6-5-13-28-16-22)30(18-20-7-10-23(33-2)11-8-20)26(31)15-21-9-12-24(34-3)25(14-21)35-4/h5-14,16,19H,15,17-18H2,1-4H3,(H,29,32). The van der Waals surface area contributed by atoms with Crippen molar-refractivity contribution in [2.75, 3.05) is 21.3 Å². The predicted molar refractivity (Wildman–Crippen MR) is 132 cm³/mol. The first-order valence-corrected chi connectivity index (χ1v) is 11.2. The molecular weight excluding hydrogens is 446 g/mol. The average molecular weight is 478 g/mol. The molecule has 1 aromatic heterocycles. The monoisotopic (exact) mass is 477 g/mol. The molecule has 1 N–H and O–H groups in total. The van der Waals surface area contributed by atoms with Gasteiger partial charge in [-0.3, -0.25) is 14.6 Å². The summed E-state index contributed by atoms with van der Waals surface area (Å²) in [5, 5.41) is 2.91. The van der Waals surface area contributed by atoms with E-state index in [1.54, 1.807) is 57.7 Å². The van der Waals surface area contributed by atoms with Gasteiger partial charge in [-0.25, -0.2) is 0 Å². The Morgan fingerprint density at radius 2 is 1.63 bits per heavy atom. The Labute approximate surface area is 205 Å². The smallest absolute Gasteiger partial charge is 0.242 e. The van der Waals surface area contributed by atoms with Crippen molar-refractivity contribution < 1.29 is 23.8 Å². The Hall–Kier alpha value is -4.07. The molecule has 2 aromatic carbocycles. The van der Waals surface area contributed by atoms with Crippen molar-refractivity contribution in [2.24, 2.45) is 0 Å². The van der Waals surface area contributed by atoms with Crippen molar-refractivity contribution in [3.05, 3.63) is 83.7 Å². The zero-order chi connectivity index (χ0) is 25.2.